The van der Waals surface area contributed by atoms with E-state index in [9.17, 15) is 4.79 Å². The molecule has 0 saturated heterocycles. The molecule has 0 unspecified atom stereocenters. The lowest BCUT2D eigenvalue weighted by atomic mass is 10.1. The number of aromatic nitrogens is 1. The number of anilines is 1. The van der Waals surface area contributed by atoms with Gasteiger partial charge in [0, 0.05) is 23.4 Å². The molecule has 0 saturated carbocycles. The van der Waals surface area contributed by atoms with Crippen LogP contribution in [0.25, 0.3) is 22.6 Å². The Balaban J connectivity index is 1.90. The average Bonchev–Trinajstić information content (AvgIpc) is 2.92. The standard InChI is InChI=1S/C17H15ClN2O3/c1-10-7-11(3-5-13(10)19-16(21)9-22-2)17-20-14-8-12(18)4-6-15(14)23-17/h3-8H,9H2,1-2H3,(H,19,21). The van der Waals surface area contributed by atoms with E-state index in [2.05, 4.69) is 10.3 Å². The molecule has 1 N–H and O–H groups in total. The predicted molar refractivity (Wildman–Crippen MR) is 89.7 cm³/mol. The number of carbonyl (C=O) groups is 1. The van der Waals surface area contributed by atoms with Crippen molar-refractivity contribution in [3.05, 3.63) is 47.0 Å². The molecule has 1 amide bonds. The number of hydrogen-bond acceptors (Lipinski definition) is 4. The Kier molecular flexibility index (Phi) is 4.32. The third-order valence-corrected chi connectivity index (χ3v) is 3.61. The zero-order valence-electron chi connectivity index (χ0n) is 12.7. The molecule has 0 bridgehead atoms. The van der Waals surface area contributed by atoms with Crippen molar-refractivity contribution in [3.8, 4) is 11.5 Å². The van der Waals surface area contributed by atoms with Gasteiger partial charge in [0.05, 0.1) is 0 Å². The van der Waals surface area contributed by atoms with Gasteiger partial charge in [-0.25, -0.2) is 4.98 Å². The third kappa shape index (κ3) is 3.36. The summed E-state index contributed by atoms with van der Waals surface area (Å²) < 4.78 is 10.6. The zero-order valence-corrected chi connectivity index (χ0v) is 13.5. The van der Waals surface area contributed by atoms with Gasteiger partial charge in [-0.05, 0) is 48.9 Å². The topological polar surface area (TPSA) is 64.4 Å². The van der Waals surface area contributed by atoms with E-state index >= 15 is 0 Å². The minimum atomic E-state index is -0.195. The molecule has 0 aliphatic carbocycles. The van der Waals surface area contributed by atoms with Gasteiger partial charge in [0.25, 0.3) is 0 Å². The number of ether oxygens (including phenoxy) is 1. The van der Waals surface area contributed by atoms with E-state index in [0.29, 0.717) is 22.0 Å². The van der Waals surface area contributed by atoms with Crippen LogP contribution < -0.4 is 5.32 Å². The Morgan fingerprint density at radius 1 is 1.30 bits per heavy atom. The molecule has 3 rings (SSSR count). The van der Waals surface area contributed by atoms with Crippen molar-refractivity contribution >= 4 is 34.3 Å². The number of amides is 1. The number of benzene rings is 2. The smallest absolute Gasteiger partial charge is 0.250 e. The fraction of sp³-hybridized carbons (Fsp3) is 0.176. The van der Waals surface area contributed by atoms with Crippen molar-refractivity contribution in [1.29, 1.82) is 0 Å². The van der Waals surface area contributed by atoms with E-state index in [1.54, 1.807) is 18.2 Å². The molecule has 3 aromatic rings. The first kappa shape index (κ1) is 15.5. The van der Waals surface area contributed by atoms with Gasteiger partial charge < -0.3 is 14.5 Å². The molecule has 6 heteroatoms. The summed E-state index contributed by atoms with van der Waals surface area (Å²) >= 11 is 5.96. The van der Waals surface area contributed by atoms with Crippen LogP contribution in [0.1, 0.15) is 5.56 Å². The van der Waals surface area contributed by atoms with Gasteiger partial charge in [-0.1, -0.05) is 11.6 Å². The zero-order chi connectivity index (χ0) is 16.4. The normalized spacial score (nSPS) is 10.9. The number of methoxy groups -OCH3 is 1. The molecule has 1 aromatic heterocycles. The molecule has 0 atom stereocenters. The van der Waals surface area contributed by atoms with E-state index in [0.717, 1.165) is 16.8 Å². The van der Waals surface area contributed by atoms with Gasteiger partial charge in [-0.3, -0.25) is 4.79 Å². The van der Waals surface area contributed by atoms with Gasteiger partial charge >= 0.3 is 0 Å². The summed E-state index contributed by atoms with van der Waals surface area (Å²) in [6.45, 7) is 1.93. The molecule has 23 heavy (non-hydrogen) atoms. The van der Waals surface area contributed by atoms with E-state index in [-0.39, 0.29) is 12.5 Å². The van der Waals surface area contributed by atoms with Crippen molar-refractivity contribution in [2.75, 3.05) is 19.0 Å². The summed E-state index contributed by atoms with van der Waals surface area (Å²) in [5.41, 5.74) is 3.86. The Bertz CT molecular complexity index is 873. The van der Waals surface area contributed by atoms with Crippen molar-refractivity contribution in [3.63, 3.8) is 0 Å². The number of rotatable bonds is 4. The van der Waals surface area contributed by atoms with Crippen LogP contribution in [0.5, 0.6) is 0 Å². The minimum Gasteiger partial charge on any atom is -0.436 e. The molecule has 2 aromatic carbocycles. The summed E-state index contributed by atoms with van der Waals surface area (Å²) in [4.78, 5) is 16.0. The van der Waals surface area contributed by atoms with E-state index in [1.165, 1.54) is 7.11 Å². The Labute approximate surface area is 138 Å². The second-order valence-electron chi connectivity index (χ2n) is 5.14. The highest BCUT2D eigenvalue weighted by molar-refractivity contribution is 6.31. The lowest BCUT2D eigenvalue weighted by molar-refractivity contribution is -0.119. The highest BCUT2D eigenvalue weighted by Crippen LogP contribution is 2.28. The predicted octanol–water partition coefficient (Wildman–Crippen LogP) is 4.04. The summed E-state index contributed by atoms with van der Waals surface area (Å²) in [5, 5.41) is 3.41. The Morgan fingerprint density at radius 2 is 2.13 bits per heavy atom. The first-order valence-corrected chi connectivity index (χ1v) is 7.40. The lowest BCUT2D eigenvalue weighted by Crippen LogP contribution is -2.17. The number of oxazole rings is 1. The monoisotopic (exact) mass is 330 g/mol. The number of carbonyl (C=O) groups excluding carboxylic acids is 1. The molecule has 0 aliphatic heterocycles. The third-order valence-electron chi connectivity index (χ3n) is 3.37. The van der Waals surface area contributed by atoms with E-state index < -0.39 is 0 Å². The quantitative estimate of drug-likeness (QED) is 0.784. The first-order chi connectivity index (χ1) is 11.1. The largest absolute Gasteiger partial charge is 0.436 e. The van der Waals surface area contributed by atoms with E-state index in [4.69, 9.17) is 20.8 Å². The number of nitrogens with zero attached hydrogens (tertiary/aromatic N) is 1. The summed E-state index contributed by atoms with van der Waals surface area (Å²) in [7, 11) is 1.48. The second kappa shape index (κ2) is 6.40. The molecule has 0 radical (unpaired) electrons. The van der Waals surface area contributed by atoms with Gasteiger partial charge in [-0.15, -0.1) is 0 Å². The molecule has 118 valence electrons. The number of halogens is 1. The number of nitrogens with one attached hydrogen (secondary N) is 1. The van der Waals surface area contributed by atoms with Crippen LogP contribution >= 0.6 is 11.6 Å². The van der Waals surface area contributed by atoms with Crippen LogP contribution in [0.2, 0.25) is 5.02 Å². The molecule has 0 fully saturated rings. The molecule has 0 spiro atoms. The average molecular weight is 331 g/mol. The molecule has 1 heterocycles. The second-order valence-corrected chi connectivity index (χ2v) is 5.58. The maximum atomic E-state index is 11.6. The van der Waals surface area contributed by atoms with Crippen molar-refractivity contribution < 1.29 is 13.9 Å². The first-order valence-electron chi connectivity index (χ1n) is 7.03. The fourth-order valence-corrected chi connectivity index (χ4v) is 2.44. The van der Waals surface area contributed by atoms with Crippen molar-refractivity contribution in [2.24, 2.45) is 0 Å². The number of fused-ring (bicyclic) bond motifs is 1. The maximum Gasteiger partial charge on any atom is 0.250 e. The van der Waals surface area contributed by atoms with Gasteiger partial charge in [0.1, 0.15) is 12.1 Å². The van der Waals surface area contributed by atoms with Crippen LogP contribution in [-0.2, 0) is 9.53 Å². The number of aryl methyl sites for hydroxylation is 1. The summed E-state index contributed by atoms with van der Waals surface area (Å²) in [6.07, 6.45) is 0. The molecular weight excluding hydrogens is 316 g/mol. The van der Waals surface area contributed by atoms with Crippen LogP contribution in [0.3, 0.4) is 0 Å². The highest BCUT2D eigenvalue weighted by Gasteiger charge is 2.11. The Hall–Kier alpha value is -2.37. The maximum absolute atomic E-state index is 11.6. The van der Waals surface area contributed by atoms with Gasteiger partial charge in [-0.2, -0.15) is 0 Å². The van der Waals surface area contributed by atoms with Crippen LogP contribution in [0.4, 0.5) is 5.69 Å². The Morgan fingerprint density at radius 3 is 2.87 bits per heavy atom. The van der Waals surface area contributed by atoms with Crippen LogP contribution in [0, 0.1) is 6.92 Å². The fourth-order valence-electron chi connectivity index (χ4n) is 2.28. The lowest BCUT2D eigenvalue weighted by Gasteiger charge is -2.08. The highest BCUT2D eigenvalue weighted by atomic mass is 35.5. The van der Waals surface area contributed by atoms with Crippen molar-refractivity contribution in [2.45, 2.75) is 6.92 Å². The van der Waals surface area contributed by atoms with Crippen molar-refractivity contribution in [1.82, 2.24) is 4.98 Å². The SMILES string of the molecule is COCC(=O)Nc1ccc(-c2nc3cc(Cl)ccc3o2)cc1C. The summed E-state index contributed by atoms with van der Waals surface area (Å²) in [6, 6.07) is 10.9. The minimum absolute atomic E-state index is 0.0209. The summed E-state index contributed by atoms with van der Waals surface area (Å²) in [5.74, 6) is 0.319. The van der Waals surface area contributed by atoms with E-state index in [1.807, 2.05) is 25.1 Å². The van der Waals surface area contributed by atoms with Gasteiger partial charge in [0.15, 0.2) is 5.58 Å². The van der Waals surface area contributed by atoms with Crippen LogP contribution in [-0.4, -0.2) is 24.6 Å². The molecule has 0 aliphatic rings. The number of hydrogen-bond donors (Lipinski definition) is 1. The van der Waals surface area contributed by atoms with Crippen LogP contribution in [0.15, 0.2) is 40.8 Å². The molecular formula is C17H15ClN2O3. The molecule has 5 nitrogen and oxygen atoms in total. The van der Waals surface area contributed by atoms with Gasteiger partial charge in [0.2, 0.25) is 11.8 Å².